The fourth-order valence-electron chi connectivity index (χ4n) is 1.67. The summed E-state index contributed by atoms with van der Waals surface area (Å²) in [6.45, 7) is 6.44. The summed E-state index contributed by atoms with van der Waals surface area (Å²) in [5.41, 5.74) is 6.44. The molecule has 0 bridgehead atoms. The minimum absolute atomic E-state index is 0.0719. The number of ether oxygens (including phenoxy) is 1. The molecule has 2 N–H and O–H groups in total. The first kappa shape index (κ1) is 15.5. The molecule has 1 rings (SSSR count). The number of carbonyl (C=O) groups excluding carboxylic acids is 1. The zero-order valence-corrected chi connectivity index (χ0v) is 12.3. The maximum Gasteiger partial charge on any atom is 0.226 e. The van der Waals surface area contributed by atoms with Gasteiger partial charge in [-0.15, -0.1) is 0 Å². The molecule has 0 heterocycles. The Morgan fingerprint density at radius 2 is 1.89 bits per heavy atom. The Labute approximate surface area is 115 Å². The molecule has 0 aliphatic rings. The second-order valence-electron chi connectivity index (χ2n) is 5.37. The standard InChI is InChI=1S/C15H24N2O2/c1-5-19-13-8-6-12(7-9-13)17(4)14(18)10-11-15(2,3)16/h6-9H,5,10-11,16H2,1-4H3. The van der Waals surface area contributed by atoms with Crippen LogP contribution in [0, 0.1) is 0 Å². The summed E-state index contributed by atoms with van der Waals surface area (Å²) in [5, 5.41) is 0. The number of anilines is 1. The number of nitrogens with zero attached hydrogens (tertiary/aromatic N) is 1. The van der Waals surface area contributed by atoms with Crippen molar-refractivity contribution in [2.45, 2.75) is 39.2 Å². The topological polar surface area (TPSA) is 55.6 Å². The van der Waals surface area contributed by atoms with Crippen LogP contribution in [-0.2, 0) is 4.79 Å². The first-order valence-corrected chi connectivity index (χ1v) is 6.62. The molecule has 0 spiro atoms. The Morgan fingerprint density at radius 3 is 2.37 bits per heavy atom. The molecule has 0 saturated carbocycles. The molecule has 0 aromatic heterocycles. The summed E-state index contributed by atoms with van der Waals surface area (Å²) in [4.78, 5) is 13.7. The number of amides is 1. The quantitative estimate of drug-likeness (QED) is 0.859. The average Bonchev–Trinajstić information content (AvgIpc) is 2.35. The molecule has 0 radical (unpaired) electrons. The van der Waals surface area contributed by atoms with Gasteiger partial charge in [-0.1, -0.05) is 0 Å². The predicted molar refractivity (Wildman–Crippen MR) is 78.5 cm³/mol. The molecule has 0 saturated heterocycles. The first-order valence-electron chi connectivity index (χ1n) is 6.62. The van der Waals surface area contributed by atoms with Crippen molar-refractivity contribution < 1.29 is 9.53 Å². The van der Waals surface area contributed by atoms with Gasteiger partial charge in [-0.05, 0) is 51.5 Å². The van der Waals surface area contributed by atoms with Gasteiger partial charge in [0.05, 0.1) is 6.61 Å². The van der Waals surface area contributed by atoms with Gasteiger partial charge < -0.3 is 15.4 Å². The van der Waals surface area contributed by atoms with E-state index >= 15 is 0 Å². The zero-order valence-electron chi connectivity index (χ0n) is 12.3. The lowest BCUT2D eigenvalue weighted by Crippen LogP contribution is -2.35. The van der Waals surface area contributed by atoms with Crippen LogP contribution in [0.15, 0.2) is 24.3 Å². The summed E-state index contributed by atoms with van der Waals surface area (Å²) in [7, 11) is 1.78. The second-order valence-corrected chi connectivity index (χ2v) is 5.37. The third-order valence-electron chi connectivity index (χ3n) is 2.89. The van der Waals surface area contributed by atoms with Gasteiger partial charge in [-0.3, -0.25) is 4.79 Å². The van der Waals surface area contributed by atoms with E-state index in [1.165, 1.54) is 0 Å². The number of hydrogen-bond donors (Lipinski definition) is 1. The molecule has 0 unspecified atom stereocenters. The van der Waals surface area contributed by atoms with Crippen LogP contribution in [0.25, 0.3) is 0 Å². The SMILES string of the molecule is CCOc1ccc(N(C)C(=O)CCC(C)(C)N)cc1. The van der Waals surface area contributed by atoms with E-state index in [0.717, 1.165) is 11.4 Å². The minimum atomic E-state index is -0.310. The van der Waals surface area contributed by atoms with Crippen molar-refractivity contribution >= 4 is 11.6 Å². The molecule has 1 amide bonds. The van der Waals surface area contributed by atoms with Gasteiger partial charge in [-0.25, -0.2) is 0 Å². The number of hydrogen-bond acceptors (Lipinski definition) is 3. The molecule has 1 aromatic rings. The second kappa shape index (κ2) is 6.57. The molecule has 4 nitrogen and oxygen atoms in total. The van der Waals surface area contributed by atoms with Gasteiger partial charge in [0, 0.05) is 24.7 Å². The van der Waals surface area contributed by atoms with Crippen LogP contribution >= 0.6 is 0 Å². The van der Waals surface area contributed by atoms with Crippen molar-refractivity contribution in [3.63, 3.8) is 0 Å². The molecular weight excluding hydrogens is 240 g/mol. The molecule has 0 aliphatic carbocycles. The average molecular weight is 264 g/mol. The third kappa shape index (κ3) is 5.30. The number of carbonyl (C=O) groups is 1. The van der Waals surface area contributed by atoms with Gasteiger partial charge in [0.2, 0.25) is 5.91 Å². The van der Waals surface area contributed by atoms with Crippen molar-refractivity contribution in [2.24, 2.45) is 5.73 Å². The van der Waals surface area contributed by atoms with Crippen LogP contribution in [0.4, 0.5) is 5.69 Å². The Balaban J connectivity index is 2.61. The van der Waals surface area contributed by atoms with Crippen molar-refractivity contribution in [1.82, 2.24) is 0 Å². The fraction of sp³-hybridized carbons (Fsp3) is 0.533. The highest BCUT2D eigenvalue weighted by atomic mass is 16.5. The van der Waals surface area contributed by atoms with Crippen molar-refractivity contribution in [3.05, 3.63) is 24.3 Å². The molecule has 106 valence electrons. The van der Waals surface area contributed by atoms with Crippen molar-refractivity contribution in [2.75, 3.05) is 18.6 Å². The predicted octanol–water partition coefficient (Wildman–Crippen LogP) is 2.57. The molecule has 0 fully saturated rings. The van der Waals surface area contributed by atoms with Crippen LogP contribution in [-0.4, -0.2) is 25.1 Å². The van der Waals surface area contributed by atoms with Crippen LogP contribution in [0.3, 0.4) is 0 Å². The third-order valence-corrected chi connectivity index (χ3v) is 2.89. The Kier molecular flexibility index (Phi) is 5.36. The highest BCUT2D eigenvalue weighted by molar-refractivity contribution is 5.92. The summed E-state index contributed by atoms with van der Waals surface area (Å²) in [6, 6.07) is 7.51. The Morgan fingerprint density at radius 1 is 1.32 bits per heavy atom. The Hall–Kier alpha value is -1.55. The van der Waals surface area contributed by atoms with E-state index in [1.807, 2.05) is 45.0 Å². The summed E-state index contributed by atoms with van der Waals surface area (Å²) in [5.74, 6) is 0.887. The molecule has 1 aromatic carbocycles. The summed E-state index contributed by atoms with van der Waals surface area (Å²) >= 11 is 0. The van der Waals surface area contributed by atoms with Crippen molar-refractivity contribution in [3.8, 4) is 5.75 Å². The maximum absolute atomic E-state index is 12.0. The van der Waals surface area contributed by atoms with E-state index in [0.29, 0.717) is 19.4 Å². The molecule has 0 atom stereocenters. The van der Waals surface area contributed by atoms with Crippen LogP contribution in [0.5, 0.6) is 5.75 Å². The monoisotopic (exact) mass is 264 g/mol. The highest BCUT2D eigenvalue weighted by Gasteiger charge is 2.16. The van der Waals surface area contributed by atoms with Gasteiger partial charge in [0.25, 0.3) is 0 Å². The van der Waals surface area contributed by atoms with Crippen molar-refractivity contribution in [1.29, 1.82) is 0 Å². The Bertz CT molecular complexity index is 407. The van der Waals surface area contributed by atoms with E-state index < -0.39 is 0 Å². The van der Waals surface area contributed by atoms with E-state index in [4.69, 9.17) is 10.5 Å². The minimum Gasteiger partial charge on any atom is -0.494 e. The summed E-state index contributed by atoms with van der Waals surface area (Å²) < 4.78 is 5.37. The van der Waals surface area contributed by atoms with Gasteiger partial charge >= 0.3 is 0 Å². The van der Waals surface area contributed by atoms with Gasteiger partial charge in [0.1, 0.15) is 5.75 Å². The lowest BCUT2D eigenvalue weighted by molar-refractivity contribution is -0.118. The van der Waals surface area contributed by atoms with E-state index in [9.17, 15) is 4.79 Å². The van der Waals surface area contributed by atoms with E-state index in [1.54, 1.807) is 11.9 Å². The van der Waals surface area contributed by atoms with E-state index in [-0.39, 0.29) is 11.4 Å². The smallest absolute Gasteiger partial charge is 0.226 e. The van der Waals surface area contributed by atoms with Crippen LogP contribution in [0.2, 0.25) is 0 Å². The van der Waals surface area contributed by atoms with Crippen LogP contribution < -0.4 is 15.4 Å². The number of nitrogens with two attached hydrogens (primary N) is 1. The lowest BCUT2D eigenvalue weighted by atomic mass is 10.00. The number of rotatable bonds is 6. The zero-order chi connectivity index (χ0) is 14.5. The van der Waals surface area contributed by atoms with Gasteiger partial charge in [0.15, 0.2) is 0 Å². The largest absolute Gasteiger partial charge is 0.494 e. The molecule has 4 heteroatoms. The normalized spacial score (nSPS) is 11.2. The fourth-order valence-corrected chi connectivity index (χ4v) is 1.67. The lowest BCUT2D eigenvalue weighted by Gasteiger charge is -2.21. The van der Waals surface area contributed by atoms with Crippen LogP contribution in [0.1, 0.15) is 33.6 Å². The molecule has 19 heavy (non-hydrogen) atoms. The molecular formula is C15H24N2O2. The van der Waals surface area contributed by atoms with Gasteiger partial charge in [-0.2, -0.15) is 0 Å². The van der Waals surface area contributed by atoms with E-state index in [2.05, 4.69) is 0 Å². The molecule has 0 aliphatic heterocycles. The highest BCUT2D eigenvalue weighted by Crippen LogP contribution is 2.20. The first-order chi connectivity index (χ1) is 8.83. The maximum atomic E-state index is 12.0. The summed E-state index contributed by atoms with van der Waals surface area (Å²) in [6.07, 6.45) is 1.13. The number of benzene rings is 1.